The Morgan fingerprint density at radius 1 is 0.920 bits per heavy atom. The first kappa shape index (κ1) is 19.1. The Balaban J connectivity index is 0.000000181. The van der Waals surface area contributed by atoms with Gasteiger partial charge in [0.15, 0.2) is 17.8 Å². The van der Waals surface area contributed by atoms with Gasteiger partial charge in [0.2, 0.25) is 0 Å². The first-order valence-electron chi connectivity index (χ1n) is 7.19. The van der Waals surface area contributed by atoms with Crippen LogP contribution in [0.4, 0.5) is 0 Å². The number of rotatable bonds is 1. The maximum absolute atomic E-state index is 10.8. The first-order chi connectivity index (χ1) is 11.7. The Bertz CT molecular complexity index is 768. The highest BCUT2D eigenvalue weighted by molar-refractivity contribution is 5.80. The molecule has 0 unspecified atom stereocenters. The highest BCUT2D eigenvalue weighted by Gasteiger charge is 2.42. The second-order valence-electron chi connectivity index (χ2n) is 5.35. The Hall–Kier alpha value is -2.21. The summed E-state index contributed by atoms with van der Waals surface area (Å²) >= 11 is 0. The fraction of sp³-hybridized carbons (Fsp3) is 0.400. The smallest absolute Gasteiger partial charge is 0.336 e. The summed E-state index contributed by atoms with van der Waals surface area (Å²) < 4.78 is 9.35. The molecule has 10 heteroatoms. The van der Waals surface area contributed by atoms with E-state index in [1.165, 1.54) is 24.3 Å². The van der Waals surface area contributed by atoms with Gasteiger partial charge in [-0.3, -0.25) is 0 Å². The van der Waals surface area contributed by atoms with Crippen molar-refractivity contribution < 1.29 is 44.9 Å². The minimum atomic E-state index is -1.57. The van der Waals surface area contributed by atoms with E-state index in [-0.39, 0.29) is 17.1 Å². The molecule has 1 saturated heterocycles. The van der Waals surface area contributed by atoms with Gasteiger partial charge in [0, 0.05) is 17.5 Å². The highest BCUT2D eigenvalue weighted by Crippen LogP contribution is 2.29. The fourth-order valence-corrected chi connectivity index (χ4v) is 2.17. The van der Waals surface area contributed by atoms with Gasteiger partial charge in [0.25, 0.3) is 0 Å². The van der Waals surface area contributed by atoms with Gasteiger partial charge in [-0.1, -0.05) is 0 Å². The van der Waals surface area contributed by atoms with Crippen molar-refractivity contribution in [1.29, 1.82) is 0 Å². The Morgan fingerprint density at radius 3 is 2.20 bits per heavy atom. The minimum Gasteiger partial charge on any atom is -0.504 e. The summed E-state index contributed by atoms with van der Waals surface area (Å²) in [5, 5.41) is 63.4. The van der Waals surface area contributed by atoms with Gasteiger partial charge in [-0.2, -0.15) is 0 Å². The van der Waals surface area contributed by atoms with Crippen LogP contribution in [0.2, 0.25) is 0 Å². The molecule has 5 atom stereocenters. The molecule has 1 aromatic heterocycles. The lowest BCUT2D eigenvalue weighted by atomic mass is 10.00. The molecule has 2 heterocycles. The standard InChI is InChI=1S/C9H6O4.C6H12O6/c10-6-3-5-1-2-9(12)13-8(5)4-7(6)11;7-1-2-3(8)4(9)5(10)6(11)12-2/h1-4,10-11H;2-11H,1H2/t;2-,3-,4+,5-,6-/m.1/s1. The number of hydrogen-bond acceptors (Lipinski definition) is 10. The molecule has 3 rings (SSSR count). The maximum atomic E-state index is 10.8. The van der Waals surface area contributed by atoms with Crippen LogP contribution in [0.3, 0.4) is 0 Å². The van der Waals surface area contributed by atoms with Crippen molar-refractivity contribution >= 4 is 11.0 Å². The molecule has 0 aliphatic carbocycles. The molecule has 0 spiro atoms. The Morgan fingerprint density at radius 2 is 1.56 bits per heavy atom. The number of phenolic OH excluding ortho intramolecular Hbond substituents is 2. The summed E-state index contributed by atoms with van der Waals surface area (Å²) in [5.74, 6) is -0.539. The van der Waals surface area contributed by atoms with Crippen molar-refractivity contribution in [3.8, 4) is 11.5 Å². The average Bonchev–Trinajstić information content (AvgIpc) is 2.58. The van der Waals surface area contributed by atoms with Crippen LogP contribution in [0.15, 0.2) is 33.5 Å². The molecule has 1 aliphatic heterocycles. The van der Waals surface area contributed by atoms with Crippen LogP contribution in [0.25, 0.3) is 11.0 Å². The van der Waals surface area contributed by atoms with Crippen LogP contribution >= 0.6 is 0 Å². The lowest BCUT2D eigenvalue weighted by Gasteiger charge is -2.37. The molecule has 0 amide bonds. The zero-order valence-corrected chi connectivity index (χ0v) is 12.8. The molecule has 1 aromatic carbocycles. The van der Waals surface area contributed by atoms with Crippen LogP contribution in [-0.2, 0) is 4.74 Å². The van der Waals surface area contributed by atoms with E-state index in [2.05, 4.69) is 4.74 Å². The van der Waals surface area contributed by atoms with E-state index >= 15 is 0 Å². The van der Waals surface area contributed by atoms with Crippen LogP contribution in [0, 0.1) is 0 Å². The number of ether oxygens (including phenoxy) is 1. The van der Waals surface area contributed by atoms with Crippen LogP contribution in [-0.4, -0.2) is 73.1 Å². The number of hydrogen-bond donors (Lipinski definition) is 7. The van der Waals surface area contributed by atoms with Crippen molar-refractivity contribution in [2.45, 2.75) is 30.7 Å². The van der Waals surface area contributed by atoms with Gasteiger partial charge >= 0.3 is 5.63 Å². The van der Waals surface area contributed by atoms with Gasteiger partial charge < -0.3 is 44.9 Å². The lowest BCUT2D eigenvalue weighted by molar-refractivity contribution is -0.286. The molecule has 2 aromatic rings. The minimum absolute atomic E-state index is 0.235. The largest absolute Gasteiger partial charge is 0.504 e. The zero-order valence-electron chi connectivity index (χ0n) is 12.8. The molecule has 1 fully saturated rings. The summed E-state index contributed by atoms with van der Waals surface area (Å²) in [7, 11) is 0. The van der Waals surface area contributed by atoms with E-state index < -0.39 is 42.9 Å². The first-order valence-corrected chi connectivity index (χ1v) is 7.19. The summed E-state index contributed by atoms with van der Waals surface area (Å²) in [6.07, 6.45) is -7.04. The Labute approximate surface area is 140 Å². The third-order valence-electron chi connectivity index (χ3n) is 3.58. The van der Waals surface area contributed by atoms with E-state index in [9.17, 15) is 4.79 Å². The molecule has 1 aliphatic rings. The van der Waals surface area contributed by atoms with Gasteiger partial charge in [0.05, 0.1) is 6.61 Å². The average molecular weight is 358 g/mol. The normalized spacial score (nSPS) is 29.1. The van der Waals surface area contributed by atoms with Gasteiger partial charge in [0.1, 0.15) is 30.0 Å². The fourth-order valence-electron chi connectivity index (χ4n) is 2.17. The highest BCUT2D eigenvalue weighted by atomic mass is 16.6. The van der Waals surface area contributed by atoms with E-state index in [1.807, 2.05) is 0 Å². The topological polar surface area (TPSA) is 181 Å². The summed E-state index contributed by atoms with van der Waals surface area (Å²) in [5.41, 5.74) is -0.236. The lowest BCUT2D eigenvalue weighted by Crippen LogP contribution is -2.58. The monoisotopic (exact) mass is 358 g/mol. The number of benzene rings is 1. The predicted molar refractivity (Wildman–Crippen MR) is 81.8 cm³/mol. The number of fused-ring (bicyclic) bond motifs is 1. The van der Waals surface area contributed by atoms with E-state index in [0.29, 0.717) is 5.39 Å². The quantitative estimate of drug-likeness (QED) is 0.222. The van der Waals surface area contributed by atoms with E-state index in [0.717, 1.165) is 0 Å². The molecule has 10 nitrogen and oxygen atoms in total. The van der Waals surface area contributed by atoms with Crippen molar-refractivity contribution in [2.75, 3.05) is 6.61 Å². The van der Waals surface area contributed by atoms with Gasteiger partial charge in [-0.15, -0.1) is 0 Å². The van der Waals surface area contributed by atoms with Gasteiger partial charge in [-0.05, 0) is 12.1 Å². The van der Waals surface area contributed by atoms with Crippen LogP contribution in [0.1, 0.15) is 0 Å². The van der Waals surface area contributed by atoms with Crippen molar-refractivity contribution in [3.63, 3.8) is 0 Å². The third kappa shape index (κ3) is 4.25. The predicted octanol–water partition coefficient (Wildman–Crippen LogP) is -2.02. The molecule has 138 valence electrons. The molecule has 0 bridgehead atoms. The third-order valence-corrected chi connectivity index (χ3v) is 3.58. The van der Waals surface area contributed by atoms with E-state index in [1.54, 1.807) is 0 Å². The number of aliphatic hydroxyl groups excluding tert-OH is 5. The second-order valence-corrected chi connectivity index (χ2v) is 5.35. The maximum Gasteiger partial charge on any atom is 0.336 e. The Kier molecular flexibility index (Phi) is 5.95. The van der Waals surface area contributed by atoms with Gasteiger partial charge in [-0.25, -0.2) is 4.79 Å². The molecule has 0 saturated carbocycles. The molecule has 0 radical (unpaired) electrons. The second kappa shape index (κ2) is 7.78. The number of aromatic hydroxyl groups is 2. The molecular formula is C15H18O10. The number of aliphatic hydroxyl groups is 5. The summed E-state index contributed by atoms with van der Waals surface area (Å²) in [4.78, 5) is 10.8. The molecular weight excluding hydrogens is 340 g/mol. The molecule has 7 N–H and O–H groups in total. The summed E-state index contributed by atoms with van der Waals surface area (Å²) in [6, 6.07) is 5.29. The molecule has 25 heavy (non-hydrogen) atoms. The summed E-state index contributed by atoms with van der Waals surface area (Å²) in [6.45, 7) is -0.526. The van der Waals surface area contributed by atoms with Crippen molar-refractivity contribution in [1.82, 2.24) is 0 Å². The van der Waals surface area contributed by atoms with Crippen molar-refractivity contribution in [2.24, 2.45) is 0 Å². The van der Waals surface area contributed by atoms with Crippen LogP contribution < -0.4 is 5.63 Å². The van der Waals surface area contributed by atoms with E-state index in [4.69, 9.17) is 40.2 Å². The zero-order chi connectivity index (χ0) is 18.7. The van der Waals surface area contributed by atoms with Crippen LogP contribution in [0.5, 0.6) is 11.5 Å². The SMILES string of the molecule is O=c1ccc2cc(O)c(O)cc2o1.OC[C@H]1O[C@@H](O)[C@H](O)[C@@H](O)[C@@H]1O. The number of phenols is 2. The van der Waals surface area contributed by atoms with Crippen molar-refractivity contribution in [3.05, 3.63) is 34.7 Å².